The number of rotatable bonds is 6. The van der Waals surface area contributed by atoms with Crippen LogP contribution in [0.5, 0.6) is 5.75 Å². The fourth-order valence-electron chi connectivity index (χ4n) is 2.01. The first-order valence-corrected chi connectivity index (χ1v) is 9.08. The molecule has 128 valence electrons. The highest BCUT2D eigenvalue weighted by atomic mass is 79.9. The smallest absolute Gasteiger partial charge is 0.258 e. The molecule has 3 aromatic rings. The summed E-state index contributed by atoms with van der Waals surface area (Å²) in [5.41, 5.74) is 1.52. The van der Waals surface area contributed by atoms with Gasteiger partial charge in [-0.2, -0.15) is 4.98 Å². The van der Waals surface area contributed by atoms with Gasteiger partial charge < -0.3 is 14.6 Å². The lowest BCUT2D eigenvalue weighted by atomic mass is 10.2. The number of ether oxygens (including phenoxy) is 1. The van der Waals surface area contributed by atoms with Crippen LogP contribution in [-0.4, -0.2) is 28.9 Å². The number of methoxy groups -OCH3 is 1. The predicted molar refractivity (Wildman–Crippen MR) is 99.8 cm³/mol. The zero-order chi connectivity index (χ0) is 17.6. The minimum Gasteiger partial charge on any atom is -0.497 e. The summed E-state index contributed by atoms with van der Waals surface area (Å²) in [5, 5.41) is 7.11. The van der Waals surface area contributed by atoms with Crippen molar-refractivity contribution >= 4 is 39.3 Å². The molecule has 1 aromatic heterocycles. The van der Waals surface area contributed by atoms with E-state index in [4.69, 9.17) is 9.26 Å². The van der Waals surface area contributed by atoms with Crippen LogP contribution < -0.4 is 10.1 Å². The van der Waals surface area contributed by atoms with E-state index in [1.807, 2.05) is 48.5 Å². The van der Waals surface area contributed by atoms with E-state index in [-0.39, 0.29) is 11.7 Å². The van der Waals surface area contributed by atoms with Crippen molar-refractivity contribution in [1.29, 1.82) is 0 Å². The van der Waals surface area contributed by atoms with Crippen LogP contribution in [0.3, 0.4) is 0 Å². The van der Waals surface area contributed by atoms with Crippen molar-refractivity contribution in [2.24, 2.45) is 0 Å². The van der Waals surface area contributed by atoms with Crippen LogP contribution in [0, 0.1) is 0 Å². The molecule has 1 amide bonds. The third-order valence-electron chi connectivity index (χ3n) is 3.19. The van der Waals surface area contributed by atoms with Crippen molar-refractivity contribution in [3.63, 3.8) is 0 Å². The molecule has 25 heavy (non-hydrogen) atoms. The molecule has 0 aliphatic heterocycles. The molecular formula is C17H14BrN3O3S. The number of nitrogens with zero attached hydrogens (tertiary/aromatic N) is 2. The second-order valence-electron chi connectivity index (χ2n) is 4.96. The van der Waals surface area contributed by atoms with Gasteiger partial charge in [0.2, 0.25) is 11.1 Å². The van der Waals surface area contributed by atoms with Crippen LogP contribution in [-0.2, 0) is 4.79 Å². The summed E-state index contributed by atoms with van der Waals surface area (Å²) < 4.78 is 11.2. The molecule has 1 heterocycles. The molecule has 0 aliphatic carbocycles. The first kappa shape index (κ1) is 17.5. The summed E-state index contributed by atoms with van der Waals surface area (Å²) in [7, 11) is 1.61. The fourth-order valence-corrected chi connectivity index (χ4v) is 2.98. The Morgan fingerprint density at radius 2 is 2.08 bits per heavy atom. The van der Waals surface area contributed by atoms with Gasteiger partial charge in [-0.25, -0.2) is 0 Å². The highest BCUT2D eigenvalue weighted by Gasteiger charge is 2.11. The van der Waals surface area contributed by atoms with Crippen molar-refractivity contribution in [2.45, 2.75) is 5.16 Å². The number of hydrogen-bond donors (Lipinski definition) is 1. The number of hydrogen-bond acceptors (Lipinski definition) is 6. The Balaban J connectivity index is 1.56. The van der Waals surface area contributed by atoms with Gasteiger partial charge in [-0.15, -0.1) is 0 Å². The number of aromatic nitrogens is 2. The second kappa shape index (κ2) is 8.17. The number of anilines is 1. The Morgan fingerprint density at radius 1 is 1.28 bits per heavy atom. The summed E-state index contributed by atoms with van der Waals surface area (Å²) in [6, 6.07) is 14.7. The van der Waals surface area contributed by atoms with Gasteiger partial charge in [-0.1, -0.05) is 33.8 Å². The van der Waals surface area contributed by atoms with Gasteiger partial charge in [0.1, 0.15) is 5.75 Å². The Bertz CT molecular complexity index is 868. The highest BCUT2D eigenvalue weighted by Crippen LogP contribution is 2.24. The van der Waals surface area contributed by atoms with Crippen LogP contribution in [0.1, 0.15) is 0 Å². The van der Waals surface area contributed by atoms with Crippen molar-refractivity contribution < 1.29 is 14.1 Å². The van der Waals surface area contributed by atoms with E-state index in [9.17, 15) is 4.79 Å². The number of thioether (sulfide) groups is 1. The molecule has 0 atom stereocenters. The van der Waals surface area contributed by atoms with Gasteiger partial charge in [0.15, 0.2) is 0 Å². The molecule has 0 saturated heterocycles. The molecule has 0 saturated carbocycles. The molecular weight excluding hydrogens is 406 g/mol. The van der Waals surface area contributed by atoms with Crippen LogP contribution in [0.15, 0.2) is 62.7 Å². The van der Waals surface area contributed by atoms with Gasteiger partial charge in [0.05, 0.1) is 12.9 Å². The molecule has 0 bridgehead atoms. The SMILES string of the molecule is COc1ccc(-c2nc(SCC(=O)Nc3cccc(Br)c3)no2)cc1. The maximum atomic E-state index is 12.0. The predicted octanol–water partition coefficient (Wildman–Crippen LogP) is 4.24. The first-order chi connectivity index (χ1) is 12.1. The minimum absolute atomic E-state index is 0.140. The maximum absolute atomic E-state index is 12.0. The molecule has 3 rings (SSSR count). The van der Waals surface area contributed by atoms with Crippen LogP contribution in [0.4, 0.5) is 5.69 Å². The summed E-state index contributed by atoms with van der Waals surface area (Å²) >= 11 is 4.58. The molecule has 2 aromatic carbocycles. The molecule has 1 N–H and O–H groups in total. The van der Waals surface area contributed by atoms with Gasteiger partial charge >= 0.3 is 0 Å². The molecule has 0 spiro atoms. The van der Waals surface area contributed by atoms with E-state index in [1.54, 1.807) is 7.11 Å². The Hall–Kier alpha value is -2.32. The maximum Gasteiger partial charge on any atom is 0.258 e. The van der Waals surface area contributed by atoms with Crippen LogP contribution in [0.25, 0.3) is 11.5 Å². The lowest BCUT2D eigenvalue weighted by Crippen LogP contribution is -2.14. The van der Waals surface area contributed by atoms with Gasteiger partial charge in [0.25, 0.3) is 5.89 Å². The number of halogens is 1. The quantitative estimate of drug-likeness (QED) is 0.602. The summed E-state index contributed by atoms with van der Waals surface area (Å²) in [6.07, 6.45) is 0. The van der Waals surface area contributed by atoms with Gasteiger partial charge in [0, 0.05) is 15.7 Å². The van der Waals surface area contributed by atoms with E-state index in [1.165, 1.54) is 11.8 Å². The zero-order valence-corrected chi connectivity index (χ0v) is 15.6. The topological polar surface area (TPSA) is 77.2 Å². The monoisotopic (exact) mass is 419 g/mol. The number of benzene rings is 2. The average Bonchev–Trinajstić information content (AvgIpc) is 3.09. The van der Waals surface area contributed by atoms with Crippen molar-refractivity contribution in [3.05, 3.63) is 53.0 Å². The first-order valence-electron chi connectivity index (χ1n) is 7.30. The van der Waals surface area contributed by atoms with Crippen LogP contribution in [0.2, 0.25) is 0 Å². The minimum atomic E-state index is -0.140. The second-order valence-corrected chi connectivity index (χ2v) is 6.82. The van der Waals surface area contributed by atoms with E-state index < -0.39 is 0 Å². The highest BCUT2D eigenvalue weighted by molar-refractivity contribution is 9.10. The third-order valence-corrected chi connectivity index (χ3v) is 4.51. The molecule has 6 nitrogen and oxygen atoms in total. The lowest BCUT2D eigenvalue weighted by molar-refractivity contribution is -0.113. The Kier molecular flexibility index (Phi) is 5.72. The summed E-state index contributed by atoms with van der Waals surface area (Å²) in [5.74, 6) is 1.20. The molecule has 0 fully saturated rings. The third kappa shape index (κ3) is 4.83. The average molecular weight is 420 g/mol. The van der Waals surface area contributed by atoms with E-state index >= 15 is 0 Å². The van der Waals surface area contributed by atoms with Gasteiger partial charge in [-0.05, 0) is 47.6 Å². The fraction of sp³-hybridized carbons (Fsp3) is 0.118. The summed E-state index contributed by atoms with van der Waals surface area (Å²) in [6.45, 7) is 0. The number of carbonyl (C=O) groups is 1. The van der Waals surface area contributed by atoms with Crippen molar-refractivity contribution in [2.75, 3.05) is 18.2 Å². The Morgan fingerprint density at radius 3 is 2.80 bits per heavy atom. The molecule has 0 aliphatic rings. The van der Waals surface area contributed by atoms with E-state index in [0.29, 0.717) is 11.0 Å². The Labute approximate surface area is 157 Å². The normalized spacial score (nSPS) is 10.5. The molecule has 0 radical (unpaired) electrons. The largest absolute Gasteiger partial charge is 0.497 e. The van der Waals surface area contributed by atoms with Crippen molar-refractivity contribution in [1.82, 2.24) is 10.1 Å². The zero-order valence-electron chi connectivity index (χ0n) is 13.2. The molecule has 8 heteroatoms. The van der Waals surface area contributed by atoms with E-state index in [0.717, 1.165) is 21.5 Å². The lowest BCUT2D eigenvalue weighted by Gasteiger charge is -2.04. The van der Waals surface area contributed by atoms with Gasteiger partial charge in [-0.3, -0.25) is 4.79 Å². The molecule has 0 unspecified atom stereocenters. The van der Waals surface area contributed by atoms with Crippen LogP contribution >= 0.6 is 27.7 Å². The summed E-state index contributed by atoms with van der Waals surface area (Å²) in [4.78, 5) is 16.3. The number of amides is 1. The standard InChI is InChI=1S/C17H14BrN3O3S/c1-23-14-7-5-11(6-8-14)16-20-17(21-24-16)25-10-15(22)19-13-4-2-3-12(18)9-13/h2-9H,10H2,1H3,(H,19,22). The van der Waals surface area contributed by atoms with Crippen molar-refractivity contribution in [3.8, 4) is 17.2 Å². The number of carbonyl (C=O) groups excluding carboxylic acids is 1. The number of nitrogens with one attached hydrogen (secondary N) is 1. The van der Waals surface area contributed by atoms with E-state index in [2.05, 4.69) is 31.4 Å².